The Morgan fingerprint density at radius 3 is 2.00 bits per heavy atom. The molecular weight excluding hydrogens is 618 g/mol. The topological polar surface area (TPSA) is 198 Å². The average molecular weight is 651 g/mol. The molecule has 10 atom stereocenters. The van der Waals surface area contributed by atoms with Crippen LogP contribution < -0.4 is 11.0 Å². The van der Waals surface area contributed by atoms with Gasteiger partial charge < -0.3 is 45.5 Å². The number of nitrogens with one attached hydrogen (secondary N) is 2. The standard InChI is InChI=1S/C28H32F2N6O8S/c29-15-5-1-3-13(7-15)17-9-35(33-31-17)21-23(39)19(11-37)43-27(25(21)41)45-28-26(42)22(24(40)20(12-38)44-28)36-10-18(32-34-36)14-4-2-6-16(30)8-14/h1-10,19-28,31,33,37-42H,11-12H2/t19-,20?,21?,22+,23?,24+,25-,26?,27+,28+/m1/s1. The molecule has 2 aromatic carbocycles. The van der Waals surface area contributed by atoms with Crippen LogP contribution >= 0.6 is 11.8 Å². The molecule has 0 bridgehead atoms. The van der Waals surface area contributed by atoms with Gasteiger partial charge in [0.2, 0.25) is 0 Å². The summed E-state index contributed by atoms with van der Waals surface area (Å²) >= 11 is 0.820. The van der Waals surface area contributed by atoms with Crippen molar-refractivity contribution in [2.45, 2.75) is 59.6 Å². The van der Waals surface area contributed by atoms with Gasteiger partial charge in [-0.25, -0.2) is 13.5 Å². The molecule has 3 aliphatic rings. The van der Waals surface area contributed by atoms with Gasteiger partial charge in [-0.15, -0.1) is 10.6 Å². The van der Waals surface area contributed by atoms with Crippen molar-refractivity contribution in [2.75, 3.05) is 13.2 Å². The van der Waals surface area contributed by atoms with E-state index in [1.54, 1.807) is 12.1 Å². The Hall–Kier alpha value is -3.23. The molecule has 3 aliphatic heterocycles. The van der Waals surface area contributed by atoms with Gasteiger partial charge in [-0.3, -0.25) is 5.01 Å². The van der Waals surface area contributed by atoms with Crippen LogP contribution in [0.1, 0.15) is 11.6 Å². The van der Waals surface area contributed by atoms with E-state index in [0.29, 0.717) is 16.8 Å². The van der Waals surface area contributed by atoms with E-state index in [0.717, 1.165) is 11.8 Å². The fourth-order valence-corrected chi connectivity index (χ4v) is 6.95. The third-order valence-electron chi connectivity index (χ3n) is 7.95. The van der Waals surface area contributed by atoms with Gasteiger partial charge in [0, 0.05) is 17.3 Å². The van der Waals surface area contributed by atoms with Crippen molar-refractivity contribution < 1.29 is 48.9 Å². The number of hydrogen-bond acceptors (Lipinski definition) is 14. The number of hydrazine groups is 2. The second kappa shape index (κ2) is 13.2. The number of nitrogens with zero attached hydrogens (tertiary/aromatic N) is 4. The van der Waals surface area contributed by atoms with E-state index >= 15 is 0 Å². The predicted octanol–water partition coefficient (Wildman–Crippen LogP) is -0.932. The van der Waals surface area contributed by atoms with Crippen LogP contribution in [-0.4, -0.2) is 117 Å². The van der Waals surface area contributed by atoms with Crippen molar-refractivity contribution >= 4 is 17.5 Å². The Kier molecular flexibility index (Phi) is 9.34. The molecule has 2 fully saturated rings. The molecule has 2 saturated heterocycles. The minimum atomic E-state index is -1.49. The molecule has 1 aromatic heterocycles. The highest BCUT2D eigenvalue weighted by atomic mass is 32.2. The van der Waals surface area contributed by atoms with Crippen molar-refractivity contribution in [3.8, 4) is 11.3 Å². The van der Waals surface area contributed by atoms with Crippen molar-refractivity contribution in [3.63, 3.8) is 0 Å². The highest BCUT2D eigenvalue weighted by Crippen LogP contribution is 2.41. The summed E-state index contributed by atoms with van der Waals surface area (Å²) in [4.78, 5) is 0. The number of thioether (sulfide) groups is 1. The summed E-state index contributed by atoms with van der Waals surface area (Å²) in [7, 11) is 0. The van der Waals surface area contributed by atoms with Crippen LogP contribution in [0.5, 0.6) is 0 Å². The van der Waals surface area contributed by atoms with Crippen molar-refractivity contribution in [1.82, 2.24) is 31.0 Å². The maximum absolute atomic E-state index is 13.8. The van der Waals surface area contributed by atoms with E-state index in [2.05, 4.69) is 21.3 Å². The highest BCUT2D eigenvalue weighted by molar-refractivity contribution is 8.00. The zero-order valence-electron chi connectivity index (χ0n) is 23.4. The Bertz CT molecular complexity index is 1520. The van der Waals surface area contributed by atoms with E-state index in [-0.39, 0.29) is 5.69 Å². The lowest BCUT2D eigenvalue weighted by atomic mass is 9.96. The van der Waals surface area contributed by atoms with E-state index < -0.39 is 84.4 Å². The molecule has 242 valence electrons. The molecule has 6 rings (SSSR count). The lowest BCUT2D eigenvalue weighted by molar-refractivity contribution is -0.195. The normalized spacial score (nSPS) is 33.6. The monoisotopic (exact) mass is 650 g/mol. The molecule has 4 heterocycles. The fourth-order valence-electron chi connectivity index (χ4n) is 5.63. The summed E-state index contributed by atoms with van der Waals surface area (Å²) in [6.07, 6.45) is -5.19. The molecule has 14 nitrogen and oxygen atoms in total. The number of aromatic nitrogens is 3. The predicted molar refractivity (Wildman–Crippen MR) is 154 cm³/mol. The summed E-state index contributed by atoms with van der Waals surface area (Å²) < 4.78 is 40.4. The third-order valence-corrected chi connectivity index (χ3v) is 9.26. The van der Waals surface area contributed by atoms with E-state index in [1.807, 2.05) is 0 Å². The number of ether oxygens (including phenoxy) is 2. The van der Waals surface area contributed by atoms with Gasteiger partial charge in [0.15, 0.2) is 0 Å². The molecule has 0 spiro atoms. The van der Waals surface area contributed by atoms with Crippen LogP contribution in [0.15, 0.2) is 60.9 Å². The van der Waals surface area contributed by atoms with Gasteiger partial charge in [-0.1, -0.05) is 41.2 Å². The molecule has 17 heteroatoms. The van der Waals surface area contributed by atoms with E-state index in [1.165, 1.54) is 58.5 Å². The van der Waals surface area contributed by atoms with Crippen molar-refractivity contribution in [1.29, 1.82) is 0 Å². The van der Waals surface area contributed by atoms with Gasteiger partial charge in [0.25, 0.3) is 0 Å². The lowest BCUT2D eigenvalue weighted by Crippen LogP contribution is -2.65. The first kappa shape index (κ1) is 31.7. The van der Waals surface area contributed by atoms with Gasteiger partial charge in [-0.2, -0.15) is 0 Å². The number of halogens is 2. The van der Waals surface area contributed by atoms with Crippen molar-refractivity contribution in [2.24, 2.45) is 0 Å². The van der Waals surface area contributed by atoms with Gasteiger partial charge in [0.05, 0.1) is 25.1 Å². The molecule has 0 saturated carbocycles. The van der Waals surface area contributed by atoms with Crippen LogP contribution in [0.25, 0.3) is 17.0 Å². The molecule has 0 radical (unpaired) electrons. The molecule has 45 heavy (non-hydrogen) atoms. The summed E-state index contributed by atoms with van der Waals surface area (Å²) in [6, 6.07) is 9.16. The smallest absolute Gasteiger partial charge is 0.134 e. The van der Waals surface area contributed by atoms with Gasteiger partial charge in [-0.05, 0) is 24.3 Å². The fraction of sp³-hybridized carbons (Fsp3) is 0.429. The lowest BCUT2D eigenvalue weighted by Gasteiger charge is -2.47. The quantitative estimate of drug-likeness (QED) is 0.149. The number of aliphatic hydroxyl groups is 6. The van der Waals surface area contributed by atoms with Crippen LogP contribution in [0, 0.1) is 11.6 Å². The largest absolute Gasteiger partial charge is 0.394 e. The van der Waals surface area contributed by atoms with Crippen LogP contribution in [0.4, 0.5) is 8.78 Å². The molecule has 8 N–H and O–H groups in total. The Morgan fingerprint density at radius 2 is 1.38 bits per heavy atom. The van der Waals surface area contributed by atoms with Crippen molar-refractivity contribution in [3.05, 3.63) is 78.1 Å². The Balaban J connectivity index is 1.23. The summed E-state index contributed by atoms with van der Waals surface area (Å²) in [5.74, 6) is -0.940. The first-order valence-corrected chi connectivity index (χ1v) is 15.0. The summed E-state index contributed by atoms with van der Waals surface area (Å²) in [5.41, 5.74) is 4.91. The molecule has 0 amide bonds. The zero-order chi connectivity index (χ0) is 31.8. The summed E-state index contributed by atoms with van der Waals surface area (Å²) in [6.45, 7) is -1.24. The van der Waals surface area contributed by atoms with Gasteiger partial charge in [0.1, 0.15) is 76.9 Å². The maximum atomic E-state index is 13.8. The second-order valence-electron chi connectivity index (χ2n) is 10.8. The minimum absolute atomic E-state index is 0.274. The SMILES string of the molecule is OCC1O[C@@H](S[C@@H]2O[C@H](CO)C(O)C(N3C=C(c4cccc(F)c4)NN3)[C@H]2O)C(O)[C@@H](n2cc(-c3cccc(F)c3)nn2)[C@H]1O. The third kappa shape index (κ3) is 6.28. The van der Waals surface area contributed by atoms with Crippen LogP contribution in [-0.2, 0) is 9.47 Å². The van der Waals surface area contributed by atoms with E-state index in [4.69, 9.17) is 9.47 Å². The maximum Gasteiger partial charge on any atom is 0.134 e. The van der Waals surface area contributed by atoms with Gasteiger partial charge >= 0.3 is 0 Å². The summed E-state index contributed by atoms with van der Waals surface area (Å²) in [5, 5.41) is 74.2. The number of rotatable bonds is 8. The highest BCUT2D eigenvalue weighted by Gasteiger charge is 2.52. The second-order valence-corrected chi connectivity index (χ2v) is 12.0. The Labute approximate surface area is 259 Å². The first-order chi connectivity index (χ1) is 21.7. The first-order valence-electron chi connectivity index (χ1n) is 14.0. The van der Waals surface area contributed by atoms with Crippen LogP contribution in [0.3, 0.4) is 0 Å². The van der Waals surface area contributed by atoms with E-state index in [9.17, 15) is 39.4 Å². The molecule has 0 aliphatic carbocycles. The van der Waals surface area contributed by atoms with Crippen LogP contribution in [0.2, 0.25) is 0 Å². The molecule has 3 aromatic rings. The number of hydrogen-bond donors (Lipinski definition) is 8. The number of aliphatic hydroxyl groups excluding tert-OH is 6. The molecule has 4 unspecified atom stereocenters. The molecular formula is C28H32F2N6O8S. The average Bonchev–Trinajstić information content (AvgIpc) is 3.71. The minimum Gasteiger partial charge on any atom is -0.394 e. The zero-order valence-corrected chi connectivity index (χ0v) is 24.2. The Morgan fingerprint density at radius 1 is 0.800 bits per heavy atom. The number of benzene rings is 2.